The van der Waals surface area contributed by atoms with Crippen LogP contribution in [0.1, 0.15) is 84.9 Å². The molecule has 0 unspecified atom stereocenters. The van der Waals surface area contributed by atoms with E-state index in [9.17, 15) is 4.79 Å². The lowest BCUT2D eigenvalue weighted by molar-refractivity contribution is -0.131. The van der Waals surface area contributed by atoms with Gasteiger partial charge in [0.1, 0.15) is 5.75 Å². The third kappa shape index (κ3) is 8.61. The number of allylic oxidation sites excluding steroid dienone is 6. The fraction of sp³-hybridized carbons (Fsp3) is 0.464. The summed E-state index contributed by atoms with van der Waals surface area (Å²) < 4.78 is 6.36. The predicted octanol–water partition coefficient (Wildman–Crippen LogP) is 7.62. The predicted molar refractivity (Wildman–Crippen MR) is 133 cm³/mol. The average Bonchev–Trinajstić information content (AvgIpc) is 2.62. The molecule has 3 nitrogen and oxygen atoms in total. The number of benzene rings is 1. The molecule has 1 aromatic carbocycles. The van der Waals surface area contributed by atoms with Gasteiger partial charge in [0.25, 0.3) is 0 Å². The van der Waals surface area contributed by atoms with Gasteiger partial charge in [-0.2, -0.15) is 0 Å². The number of hydrogen-bond donors (Lipinski definition) is 1. The number of carbonyl (C=O) groups is 1. The molecule has 0 aliphatic rings. The number of carboxylic acid groups (broad SMARTS) is 1. The number of ether oxygens (including phenoxy) is 1. The first kappa shape index (κ1) is 26.5. The molecular formula is C28H40O3. The maximum atomic E-state index is 10.8. The summed E-state index contributed by atoms with van der Waals surface area (Å²) in [6.45, 7) is 21.6. The summed E-state index contributed by atoms with van der Waals surface area (Å²) in [4.78, 5) is 10.8. The number of aliphatic carboxylic acids is 1. The van der Waals surface area contributed by atoms with Crippen LogP contribution in [-0.2, 0) is 15.6 Å². The summed E-state index contributed by atoms with van der Waals surface area (Å²) in [7, 11) is 0. The molecular weight excluding hydrogens is 384 g/mol. The van der Waals surface area contributed by atoms with Crippen LogP contribution in [0.4, 0.5) is 0 Å². The Morgan fingerprint density at radius 3 is 2.06 bits per heavy atom. The zero-order valence-electron chi connectivity index (χ0n) is 20.6. The van der Waals surface area contributed by atoms with E-state index in [0.29, 0.717) is 12.2 Å². The molecule has 1 N–H and O–H groups in total. The van der Waals surface area contributed by atoms with Crippen LogP contribution >= 0.6 is 0 Å². The second-order valence-corrected chi connectivity index (χ2v) is 10.1. The van der Waals surface area contributed by atoms with Crippen LogP contribution < -0.4 is 4.74 Å². The van der Waals surface area contributed by atoms with Crippen molar-refractivity contribution in [3.63, 3.8) is 0 Å². The first-order chi connectivity index (χ1) is 14.3. The van der Waals surface area contributed by atoms with Crippen molar-refractivity contribution >= 4 is 11.5 Å². The molecule has 170 valence electrons. The maximum absolute atomic E-state index is 10.8. The van der Waals surface area contributed by atoms with Crippen molar-refractivity contribution in [2.75, 3.05) is 6.61 Å². The van der Waals surface area contributed by atoms with Crippen LogP contribution in [0.3, 0.4) is 0 Å². The number of hydrogen-bond acceptors (Lipinski definition) is 2. The van der Waals surface area contributed by atoms with Crippen LogP contribution in [-0.4, -0.2) is 17.7 Å². The van der Waals surface area contributed by atoms with E-state index in [-0.39, 0.29) is 10.8 Å². The lowest BCUT2D eigenvalue weighted by atomic mass is 9.77. The molecule has 0 fully saturated rings. The maximum Gasteiger partial charge on any atom is 0.328 e. The van der Waals surface area contributed by atoms with E-state index in [1.54, 1.807) is 6.92 Å². The quantitative estimate of drug-likeness (QED) is 0.192. The van der Waals surface area contributed by atoms with Gasteiger partial charge in [0.2, 0.25) is 0 Å². The molecule has 0 aliphatic carbocycles. The van der Waals surface area contributed by atoms with Crippen LogP contribution in [0.25, 0.3) is 5.57 Å². The third-order valence-electron chi connectivity index (χ3n) is 5.02. The largest absolute Gasteiger partial charge is 0.493 e. The van der Waals surface area contributed by atoms with Crippen LogP contribution in [0.5, 0.6) is 5.75 Å². The highest BCUT2D eigenvalue weighted by Gasteiger charge is 2.28. The van der Waals surface area contributed by atoms with Crippen LogP contribution in [0.15, 0.2) is 54.7 Å². The van der Waals surface area contributed by atoms with Crippen molar-refractivity contribution in [1.82, 2.24) is 0 Å². The summed E-state index contributed by atoms with van der Waals surface area (Å²) in [6.07, 6.45) is 10.8. The molecule has 0 saturated carbocycles. The standard InChI is InChI=1S/C28H40O3/c1-10-11-12-16-31-26-23(27(4,5)6)18-22(19-24(26)28(7,8)9)21(3)15-13-14-20(2)17-25(29)30/h10,13-15,17-19H,1,11-12,16H2,2-9H3,(H,29,30)/b14-13+,20-17-,21-15+. The highest BCUT2D eigenvalue weighted by atomic mass is 16.5. The SMILES string of the molecule is C=CCCCOc1c(C(C)(C)C)cc(/C(C)=C/C=C/C(C)=C\C(=O)O)cc1C(C)(C)C. The highest BCUT2D eigenvalue weighted by molar-refractivity contribution is 5.81. The monoisotopic (exact) mass is 424 g/mol. The van der Waals surface area contributed by atoms with Crippen LogP contribution in [0, 0.1) is 0 Å². The number of unbranched alkanes of at least 4 members (excludes halogenated alkanes) is 1. The zero-order valence-corrected chi connectivity index (χ0v) is 20.6. The number of carboxylic acids is 1. The van der Waals surface area contributed by atoms with Gasteiger partial charge in [0.15, 0.2) is 0 Å². The molecule has 3 heteroatoms. The Morgan fingerprint density at radius 2 is 1.61 bits per heavy atom. The van der Waals surface area contributed by atoms with Gasteiger partial charge in [-0.25, -0.2) is 4.79 Å². The molecule has 1 aromatic rings. The van der Waals surface area contributed by atoms with E-state index >= 15 is 0 Å². The van der Waals surface area contributed by atoms with Gasteiger partial charge >= 0.3 is 5.97 Å². The first-order valence-corrected chi connectivity index (χ1v) is 11.0. The minimum absolute atomic E-state index is 0.0687. The van der Waals surface area contributed by atoms with Gasteiger partial charge in [0, 0.05) is 17.2 Å². The van der Waals surface area contributed by atoms with E-state index in [1.165, 1.54) is 17.2 Å². The van der Waals surface area contributed by atoms with Crippen molar-refractivity contribution in [2.24, 2.45) is 0 Å². The Hall–Kier alpha value is -2.55. The summed E-state index contributed by atoms with van der Waals surface area (Å²) in [5.74, 6) is 0.0626. The van der Waals surface area contributed by atoms with Gasteiger partial charge in [-0.1, -0.05) is 65.8 Å². The summed E-state index contributed by atoms with van der Waals surface area (Å²) in [6, 6.07) is 4.47. The van der Waals surface area contributed by atoms with Gasteiger partial charge < -0.3 is 9.84 Å². The van der Waals surface area contributed by atoms with Gasteiger partial charge in [-0.05, 0) is 66.4 Å². The fourth-order valence-electron chi connectivity index (χ4n) is 3.21. The first-order valence-electron chi connectivity index (χ1n) is 11.0. The Kier molecular flexibility index (Phi) is 9.55. The van der Waals surface area contributed by atoms with E-state index in [1.807, 2.05) is 24.3 Å². The Labute approximate surface area is 189 Å². The van der Waals surface area contributed by atoms with E-state index < -0.39 is 5.97 Å². The minimum atomic E-state index is -0.934. The second kappa shape index (κ2) is 11.2. The smallest absolute Gasteiger partial charge is 0.328 e. The van der Waals surface area contributed by atoms with Crippen molar-refractivity contribution in [3.05, 3.63) is 71.4 Å². The molecule has 0 bridgehead atoms. The fourth-order valence-corrected chi connectivity index (χ4v) is 3.21. The number of rotatable bonds is 9. The third-order valence-corrected chi connectivity index (χ3v) is 5.02. The Bertz CT molecular complexity index is 833. The van der Waals surface area contributed by atoms with Crippen molar-refractivity contribution in [3.8, 4) is 5.75 Å². The normalized spacial score (nSPS) is 13.5. The molecule has 0 saturated heterocycles. The molecule has 0 radical (unpaired) electrons. The van der Waals surface area contributed by atoms with Gasteiger partial charge in [0.05, 0.1) is 6.61 Å². The van der Waals surface area contributed by atoms with Gasteiger partial charge in [-0.3, -0.25) is 0 Å². The van der Waals surface area contributed by atoms with E-state index in [4.69, 9.17) is 9.84 Å². The average molecular weight is 425 g/mol. The minimum Gasteiger partial charge on any atom is -0.493 e. The molecule has 0 amide bonds. The molecule has 0 atom stereocenters. The summed E-state index contributed by atoms with van der Waals surface area (Å²) in [5, 5.41) is 8.86. The van der Waals surface area contributed by atoms with Crippen molar-refractivity contribution in [1.29, 1.82) is 0 Å². The van der Waals surface area contributed by atoms with E-state index in [0.717, 1.165) is 29.7 Å². The molecule has 0 heterocycles. The lowest BCUT2D eigenvalue weighted by Crippen LogP contribution is -2.20. The summed E-state index contributed by atoms with van der Waals surface area (Å²) >= 11 is 0. The van der Waals surface area contributed by atoms with E-state index in [2.05, 4.69) is 67.2 Å². The van der Waals surface area contributed by atoms with Crippen molar-refractivity contribution in [2.45, 2.75) is 79.1 Å². The summed E-state index contributed by atoms with van der Waals surface area (Å²) in [5.41, 5.74) is 5.23. The molecule has 31 heavy (non-hydrogen) atoms. The Balaban J connectivity index is 3.49. The molecule has 1 rings (SSSR count). The molecule has 0 aromatic heterocycles. The lowest BCUT2D eigenvalue weighted by Gasteiger charge is -2.31. The zero-order chi connectivity index (χ0) is 23.8. The Morgan fingerprint density at radius 1 is 1.06 bits per heavy atom. The van der Waals surface area contributed by atoms with Gasteiger partial charge in [-0.15, -0.1) is 6.58 Å². The van der Waals surface area contributed by atoms with Crippen LogP contribution in [0.2, 0.25) is 0 Å². The van der Waals surface area contributed by atoms with Crippen molar-refractivity contribution < 1.29 is 14.6 Å². The topological polar surface area (TPSA) is 46.5 Å². The highest BCUT2D eigenvalue weighted by Crippen LogP contribution is 2.42. The second-order valence-electron chi connectivity index (χ2n) is 10.1. The molecule has 0 spiro atoms. The molecule has 0 aliphatic heterocycles.